The van der Waals surface area contributed by atoms with Gasteiger partial charge in [0.1, 0.15) is 10.7 Å². The zero-order valence-corrected chi connectivity index (χ0v) is 12.3. The van der Waals surface area contributed by atoms with Crippen LogP contribution >= 0.6 is 0 Å². The number of anilines is 1. The summed E-state index contributed by atoms with van der Waals surface area (Å²) in [6.45, 7) is 4.82. The summed E-state index contributed by atoms with van der Waals surface area (Å²) in [5.74, 6) is -0.544. The van der Waals surface area contributed by atoms with E-state index in [9.17, 15) is 12.8 Å². The van der Waals surface area contributed by atoms with E-state index in [0.717, 1.165) is 44.6 Å². The SMILES string of the molecule is CCN1CCC(NS(=O)(=O)c2ccc(F)cc2N)CC1. The van der Waals surface area contributed by atoms with Crippen LogP contribution < -0.4 is 10.5 Å². The van der Waals surface area contributed by atoms with Gasteiger partial charge in [0, 0.05) is 6.04 Å². The van der Waals surface area contributed by atoms with Gasteiger partial charge in [0.2, 0.25) is 10.0 Å². The molecular weight excluding hydrogens is 281 g/mol. The van der Waals surface area contributed by atoms with Crippen molar-refractivity contribution in [2.24, 2.45) is 0 Å². The molecule has 0 radical (unpaired) electrons. The molecule has 0 spiro atoms. The fraction of sp³-hybridized carbons (Fsp3) is 0.538. The molecule has 3 N–H and O–H groups in total. The maximum atomic E-state index is 13.0. The van der Waals surface area contributed by atoms with E-state index in [4.69, 9.17) is 5.73 Å². The molecule has 20 heavy (non-hydrogen) atoms. The van der Waals surface area contributed by atoms with Crippen molar-refractivity contribution in [2.45, 2.75) is 30.7 Å². The van der Waals surface area contributed by atoms with E-state index in [-0.39, 0.29) is 16.6 Å². The number of likely N-dealkylation sites (tertiary alicyclic amines) is 1. The lowest BCUT2D eigenvalue weighted by atomic mass is 10.1. The summed E-state index contributed by atoms with van der Waals surface area (Å²) in [6.07, 6.45) is 1.54. The molecule has 0 atom stereocenters. The Hall–Kier alpha value is -1.18. The lowest BCUT2D eigenvalue weighted by Crippen LogP contribution is -2.44. The van der Waals surface area contributed by atoms with Crippen LogP contribution in [-0.4, -0.2) is 39.0 Å². The Morgan fingerprint density at radius 3 is 2.60 bits per heavy atom. The average molecular weight is 301 g/mol. The Labute approximate surface area is 119 Å². The zero-order valence-electron chi connectivity index (χ0n) is 11.5. The van der Waals surface area contributed by atoms with Crippen LogP contribution in [0.15, 0.2) is 23.1 Å². The van der Waals surface area contributed by atoms with Crippen LogP contribution in [0.25, 0.3) is 0 Å². The Balaban J connectivity index is 2.08. The van der Waals surface area contributed by atoms with Gasteiger partial charge in [0.25, 0.3) is 0 Å². The van der Waals surface area contributed by atoms with Crippen LogP contribution in [0.5, 0.6) is 0 Å². The first-order valence-electron chi connectivity index (χ1n) is 6.72. The molecule has 1 heterocycles. The predicted molar refractivity (Wildman–Crippen MR) is 76.3 cm³/mol. The van der Waals surface area contributed by atoms with Gasteiger partial charge in [-0.2, -0.15) is 0 Å². The number of hydrogen-bond donors (Lipinski definition) is 2. The molecule has 0 aromatic heterocycles. The molecule has 2 rings (SSSR count). The molecule has 1 aliphatic rings. The molecule has 1 fully saturated rings. The van der Waals surface area contributed by atoms with Gasteiger partial charge in [-0.05, 0) is 50.7 Å². The minimum atomic E-state index is -3.69. The van der Waals surface area contributed by atoms with Crippen molar-refractivity contribution in [1.82, 2.24) is 9.62 Å². The summed E-state index contributed by atoms with van der Waals surface area (Å²) in [7, 11) is -3.69. The van der Waals surface area contributed by atoms with Crippen molar-refractivity contribution in [2.75, 3.05) is 25.4 Å². The molecule has 0 saturated carbocycles. The third kappa shape index (κ3) is 3.47. The Morgan fingerprint density at radius 2 is 2.05 bits per heavy atom. The van der Waals surface area contributed by atoms with Gasteiger partial charge in [-0.15, -0.1) is 0 Å². The average Bonchev–Trinajstić information content (AvgIpc) is 2.38. The summed E-state index contributed by atoms with van der Waals surface area (Å²) in [6, 6.07) is 3.24. The lowest BCUT2D eigenvalue weighted by molar-refractivity contribution is 0.217. The third-order valence-electron chi connectivity index (χ3n) is 3.62. The fourth-order valence-corrected chi connectivity index (χ4v) is 3.83. The predicted octanol–water partition coefficient (Wildman–Crippen LogP) is 1.17. The number of rotatable bonds is 4. The van der Waals surface area contributed by atoms with E-state index in [1.807, 2.05) is 0 Å². The second-order valence-corrected chi connectivity index (χ2v) is 6.69. The molecule has 1 saturated heterocycles. The normalized spacial score (nSPS) is 18.3. The third-order valence-corrected chi connectivity index (χ3v) is 5.21. The number of nitrogens with two attached hydrogens (primary N) is 1. The number of hydrogen-bond acceptors (Lipinski definition) is 4. The molecule has 112 valence electrons. The van der Waals surface area contributed by atoms with Gasteiger partial charge in [0.05, 0.1) is 5.69 Å². The molecule has 0 unspecified atom stereocenters. The Bertz CT molecular complexity index is 569. The first kappa shape index (κ1) is 15.2. The number of piperidine rings is 1. The smallest absolute Gasteiger partial charge is 0.242 e. The highest BCUT2D eigenvalue weighted by molar-refractivity contribution is 7.89. The molecule has 5 nitrogen and oxygen atoms in total. The second-order valence-electron chi connectivity index (χ2n) is 5.01. The second kappa shape index (κ2) is 6.07. The van der Waals surface area contributed by atoms with E-state index in [2.05, 4.69) is 16.5 Å². The van der Waals surface area contributed by atoms with Crippen molar-refractivity contribution in [3.05, 3.63) is 24.0 Å². The number of benzene rings is 1. The fourth-order valence-electron chi connectivity index (χ4n) is 2.41. The largest absolute Gasteiger partial charge is 0.398 e. The summed E-state index contributed by atoms with van der Waals surface area (Å²) in [5, 5.41) is 0. The number of nitrogens with zero attached hydrogens (tertiary/aromatic N) is 1. The summed E-state index contributed by atoms with van der Waals surface area (Å²) >= 11 is 0. The molecule has 7 heteroatoms. The maximum absolute atomic E-state index is 13.0. The molecule has 1 aromatic carbocycles. The molecule has 1 aliphatic heterocycles. The molecular formula is C13H20FN3O2S. The van der Waals surface area contributed by atoms with Crippen LogP contribution in [0.2, 0.25) is 0 Å². The number of halogens is 1. The topological polar surface area (TPSA) is 75.4 Å². The highest BCUT2D eigenvalue weighted by Crippen LogP contribution is 2.21. The van der Waals surface area contributed by atoms with E-state index in [0.29, 0.717) is 0 Å². The van der Waals surface area contributed by atoms with E-state index >= 15 is 0 Å². The van der Waals surface area contributed by atoms with E-state index < -0.39 is 15.8 Å². The summed E-state index contributed by atoms with van der Waals surface area (Å²) in [5.41, 5.74) is 5.52. The van der Waals surface area contributed by atoms with Crippen LogP contribution in [0.3, 0.4) is 0 Å². The quantitative estimate of drug-likeness (QED) is 0.819. The summed E-state index contributed by atoms with van der Waals surface area (Å²) < 4.78 is 40.1. The zero-order chi connectivity index (χ0) is 14.8. The van der Waals surface area contributed by atoms with Gasteiger partial charge in [-0.25, -0.2) is 17.5 Å². The van der Waals surface area contributed by atoms with Gasteiger partial charge in [-0.1, -0.05) is 6.92 Å². The van der Waals surface area contributed by atoms with Gasteiger partial charge in [0.15, 0.2) is 0 Å². The van der Waals surface area contributed by atoms with Crippen molar-refractivity contribution >= 4 is 15.7 Å². The van der Waals surface area contributed by atoms with Crippen LogP contribution in [0.1, 0.15) is 19.8 Å². The minimum absolute atomic E-state index is 0.0585. The minimum Gasteiger partial charge on any atom is -0.398 e. The molecule has 0 bridgehead atoms. The number of nitrogen functional groups attached to an aromatic ring is 1. The van der Waals surface area contributed by atoms with Crippen molar-refractivity contribution in [1.29, 1.82) is 0 Å². The van der Waals surface area contributed by atoms with Crippen LogP contribution in [0, 0.1) is 5.82 Å². The highest BCUT2D eigenvalue weighted by Gasteiger charge is 2.25. The first-order chi connectivity index (χ1) is 9.42. The van der Waals surface area contributed by atoms with Gasteiger partial charge < -0.3 is 10.6 Å². The molecule has 0 aliphatic carbocycles. The van der Waals surface area contributed by atoms with Crippen molar-refractivity contribution in [3.8, 4) is 0 Å². The van der Waals surface area contributed by atoms with Gasteiger partial charge >= 0.3 is 0 Å². The highest BCUT2D eigenvalue weighted by atomic mass is 32.2. The Kier molecular flexibility index (Phi) is 4.62. The van der Waals surface area contributed by atoms with Crippen molar-refractivity contribution in [3.63, 3.8) is 0 Å². The van der Waals surface area contributed by atoms with Crippen molar-refractivity contribution < 1.29 is 12.8 Å². The maximum Gasteiger partial charge on any atom is 0.242 e. The van der Waals surface area contributed by atoms with Crippen LogP contribution in [0.4, 0.5) is 10.1 Å². The Morgan fingerprint density at radius 1 is 1.40 bits per heavy atom. The van der Waals surface area contributed by atoms with Gasteiger partial charge in [-0.3, -0.25) is 0 Å². The van der Waals surface area contributed by atoms with E-state index in [1.165, 1.54) is 6.07 Å². The standard InChI is InChI=1S/C13H20FN3O2S/c1-2-17-7-5-11(6-8-17)16-20(18,19)13-4-3-10(14)9-12(13)15/h3-4,9,11,16H,2,5-8,15H2,1H3. The van der Waals surface area contributed by atoms with Crippen LogP contribution in [-0.2, 0) is 10.0 Å². The van der Waals surface area contributed by atoms with E-state index in [1.54, 1.807) is 0 Å². The molecule has 0 amide bonds. The molecule has 1 aromatic rings. The number of sulfonamides is 1. The lowest BCUT2D eigenvalue weighted by Gasteiger charge is -2.31. The summed E-state index contributed by atoms with van der Waals surface area (Å²) in [4.78, 5) is 2.22. The monoisotopic (exact) mass is 301 g/mol. The first-order valence-corrected chi connectivity index (χ1v) is 8.20. The number of nitrogens with one attached hydrogen (secondary N) is 1.